The summed E-state index contributed by atoms with van der Waals surface area (Å²) < 4.78 is 6.71. The van der Waals surface area contributed by atoms with Gasteiger partial charge in [-0.05, 0) is 48.9 Å². The van der Waals surface area contributed by atoms with Crippen LogP contribution < -0.4 is 15.4 Å². The summed E-state index contributed by atoms with van der Waals surface area (Å²) in [7, 11) is 1.54. The van der Waals surface area contributed by atoms with Crippen molar-refractivity contribution in [1.29, 1.82) is 0 Å². The van der Waals surface area contributed by atoms with Crippen LogP contribution in [0.3, 0.4) is 0 Å². The van der Waals surface area contributed by atoms with E-state index in [0.717, 1.165) is 10.6 Å². The fraction of sp³-hybridized carbons (Fsp3) is 0.190. The molecule has 1 aliphatic rings. The fourth-order valence-electron chi connectivity index (χ4n) is 3.34. The molecular formula is C21H20N6O4. The van der Waals surface area contributed by atoms with Crippen LogP contribution in [-0.2, 0) is 15.1 Å². The Kier molecular flexibility index (Phi) is 5.12. The highest BCUT2D eigenvalue weighted by Crippen LogP contribution is 2.30. The van der Waals surface area contributed by atoms with Gasteiger partial charge in [0.25, 0.3) is 5.91 Å². The maximum Gasteiger partial charge on any atom is 0.325 e. The Morgan fingerprint density at radius 2 is 1.84 bits per heavy atom. The zero-order chi connectivity index (χ0) is 22.0. The van der Waals surface area contributed by atoms with Crippen molar-refractivity contribution in [3.63, 3.8) is 0 Å². The van der Waals surface area contributed by atoms with E-state index in [0.29, 0.717) is 17.0 Å². The first-order valence-electron chi connectivity index (χ1n) is 9.44. The Hall–Kier alpha value is -4.21. The Labute approximate surface area is 177 Å². The molecule has 0 saturated carbocycles. The molecule has 0 aliphatic carbocycles. The molecule has 2 heterocycles. The molecule has 0 spiro atoms. The van der Waals surface area contributed by atoms with Crippen LogP contribution in [-0.4, -0.2) is 51.2 Å². The van der Waals surface area contributed by atoms with Gasteiger partial charge in [0.1, 0.15) is 30.5 Å². The van der Waals surface area contributed by atoms with Gasteiger partial charge in [0.05, 0.1) is 12.8 Å². The van der Waals surface area contributed by atoms with Crippen LogP contribution in [0.1, 0.15) is 12.5 Å². The average molecular weight is 420 g/mol. The van der Waals surface area contributed by atoms with Gasteiger partial charge in [-0.15, -0.1) is 0 Å². The van der Waals surface area contributed by atoms with Crippen molar-refractivity contribution in [1.82, 2.24) is 25.0 Å². The van der Waals surface area contributed by atoms with E-state index in [1.165, 1.54) is 6.33 Å². The first-order chi connectivity index (χ1) is 14.9. The third kappa shape index (κ3) is 3.82. The van der Waals surface area contributed by atoms with Gasteiger partial charge in [-0.2, -0.15) is 5.10 Å². The molecule has 1 saturated heterocycles. The molecule has 2 N–H and O–H groups in total. The Morgan fingerprint density at radius 1 is 1.13 bits per heavy atom. The predicted molar refractivity (Wildman–Crippen MR) is 111 cm³/mol. The van der Waals surface area contributed by atoms with Crippen molar-refractivity contribution in [3.05, 3.63) is 66.7 Å². The summed E-state index contributed by atoms with van der Waals surface area (Å²) >= 11 is 0. The summed E-state index contributed by atoms with van der Waals surface area (Å²) in [6, 6.07) is 13.1. The van der Waals surface area contributed by atoms with E-state index in [9.17, 15) is 14.4 Å². The van der Waals surface area contributed by atoms with Gasteiger partial charge < -0.3 is 15.4 Å². The lowest BCUT2D eigenvalue weighted by atomic mass is 9.92. The first-order valence-corrected chi connectivity index (χ1v) is 9.44. The minimum absolute atomic E-state index is 0.402. The molecule has 10 nitrogen and oxygen atoms in total. The summed E-state index contributed by atoms with van der Waals surface area (Å²) in [4.78, 5) is 42.7. The van der Waals surface area contributed by atoms with Crippen LogP contribution in [0, 0.1) is 0 Å². The molecule has 1 atom stereocenters. The zero-order valence-electron chi connectivity index (χ0n) is 16.9. The number of ether oxygens (including phenoxy) is 1. The average Bonchev–Trinajstić information content (AvgIpc) is 3.38. The normalized spacial score (nSPS) is 18.1. The monoisotopic (exact) mass is 420 g/mol. The number of amides is 4. The van der Waals surface area contributed by atoms with E-state index in [2.05, 4.69) is 20.7 Å². The quantitative estimate of drug-likeness (QED) is 0.586. The number of hydrogen-bond donors (Lipinski definition) is 2. The van der Waals surface area contributed by atoms with E-state index in [4.69, 9.17) is 4.74 Å². The Bertz CT molecular complexity index is 1110. The second kappa shape index (κ2) is 7.90. The number of hydrogen-bond acceptors (Lipinski definition) is 6. The van der Waals surface area contributed by atoms with Gasteiger partial charge in [-0.1, -0.05) is 12.1 Å². The van der Waals surface area contributed by atoms with Crippen LogP contribution in [0.2, 0.25) is 0 Å². The maximum atomic E-state index is 13.0. The third-order valence-electron chi connectivity index (χ3n) is 5.08. The number of anilines is 1. The van der Waals surface area contributed by atoms with Crippen LogP contribution in [0.25, 0.3) is 5.69 Å². The number of methoxy groups -OCH3 is 1. The number of aromatic nitrogens is 3. The van der Waals surface area contributed by atoms with Crippen LogP contribution in [0.5, 0.6) is 5.75 Å². The van der Waals surface area contributed by atoms with Gasteiger partial charge >= 0.3 is 6.03 Å². The molecule has 0 bridgehead atoms. The second-order valence-electron chi connectivity index (χ2n) is 7.11. The largest absolute Gasteiger partial charge is 0.497 e. The van der Waals surface area contributed by atoms with Gasteiger partial charge in [0, 0.05) is 5.69 Å². The van der Waals surface area contributed by atoms with Gasteiger partial charge in [-0.3, -0.25) is 14.5 Å². The number of urea groups is 1. The highest BCUT2D eigenvalue weighted by Gasteiger charge is 2.49. The third-order valence-corrected chi connectivity index (χ3v) is 5.08. The Balaban J connectivity index is 1.43. The summed E-state index contributed by atoms with van der Waals surface area (Å²) in [5.74, 6) is -0.356. The highest BCUT2D eigenvalue weighted by atomic mass is 16.5. The summed E-state index contributed by atoms with van der Waals surface area (Å²) in [5.41, 5.74) is 0.639. The summed E-state index contributed by atoms with van der Waals surface area (Å²) in [6.07, 6.45) is 2.98. The topological polar surface area (TPSA) is 118 Å². The standard InChI is InChI=1S/C21H20N6O4/c1-21(14-3-9-17(31-2)10-4-14)19(29)26(20(30)25-21)11-18(28)24-15-5-7-16(8-6-15)27-13-22-12-23-27/h3-10,12-13H,11H2,1-2H3,(H,24,28)(H,25,30). The van der Waals surface area contributed by atoms with Crippen molar-refractivity contribution in [2.75, 3.05) is 19.0 Å². The number of carbonyl (C=O) groups is 3. The first kappa shape index (κ1) is 20.1. The van der Waals surface area contributed by atoms with E-state index in [-0.39, 0.29) is 0 Å². The Morgan fingerprint density at radius 3 is 2.45 bits per heavy atom. The lowest BCUT2D eigenvalue weighted by Crippen LogP contribution is -2.42. The van der Waals surface area contributed by atoms with Gasteiger partial charge in [0.2, 0.25) is 5.91 Å². The number of nitrogens with zero attached hydrogens (tertiary/aromatic N) is 4. The highest BCUT2D eigenvalue weighted by molar-refractivity contribution is 6.10. The van der Waals surface area contributed by atoms with Crippen molar-refractivity contribution in [2.24, 2.45) is 0 Å². The lowest BCUT2D eigenvalue weighted by molar-refractivity contribution is -0.133. The van der Waals surface area contributed by atoms with Crippen LogP contribution in [0.15, 0.2) is 61.2 Å². The molecule has 10 heteroatoms. The predicted octanol–water partition coefficient (Wildman–Crippen LogP) is 1.68. The molecule has 4 amide bonds. The van der Waals surface area contributed by atoms with Crippen molar-refractivity contribution < 1.29 is 19.1 Å². The number of benzene rings is 2. The molecule has 0 radical (unpaired) electrons. The van der Waals surface area contributed by atoms with E-state index in [1.54, 1.807) is 73.6 Å². The van der Waals surface area contributed by atoms with Gasteiger partial charge in [-0.25, -0.2) is 14.5 Å². The molecule has 1 fully saturated rings. The molecule has 31 heavy (non-hydrogen) atoms. The number of rotatable bonds is 6. The maximum absolute atomic E-state index is 13.0. The molecule has 2 aromatic carbocycles. The van der Waals surface area contributed by atoms with Crippen LogP contribution >= 0.6 is 0 Å². The SMILES string of the molecule is COc1ccc(C2(C)NC(=O)N(CC(=O)Nc3ccc(-n4cncn4)cc3)C2=O)cc1. The van der Waals surface area contributed by atoms with Crippen molar-refractivity contribution >= 4 is 23.5 Å². The summed E-state index contributed by atoms with van der Waals surface area (Å²) in [5, 5.41) is 9.40. The number of nitrogens with one attached hydrogen (secondary N) is 2. The van der Waals surface area contributed by atoms with E-state index in [1.807, 2.05) is 0 Å². The zero-order valence-corrected chi connectivity index (χ0v) is 16.9. The van der Waals surface area contributed by atoms with E-state index < -0.39 is 29.9 Å². The summed E-state index contributed by atoms with van der Waals surface area (Å²) in [6.45, 7) is 1.21. The molecule has 4 rings (SSSR count). The minimum Gasteiger partial charge on any atom is -0.497 e. The molecule has 1 unspecified atom stereocenters. The minimum atomic E-state index is -1.26. The second-order valence-corrected chi connectivity index (χ2v) is 7.11. The molecule has 1 aromatic heterocycles. The number of carbonyl (C=O) groups excluding carboxylic acids is 3. The molecular weight excluding hydrogens is 400 g/mol. The van der Waals surface area contributed by atoms with E-state index >= 15 is 0 Å². The molecule has 158 valence electrons. The van der Waals surface area contributed by atoms with Crippen molar-refractivity contribution in [2.45, 2.75) is 12.5 Å². The van der Waals surface area contributed by atoms with Crippen LogP contribution in [0.4, 0.5) is 10.5 Å². The van der Waals surface area contributed by atoms with Gasteiger partial charge in [0.15, 0.2) is 0 Å². The fourth-order valence-corrected chi connectivity index (χ4v) is 3.34. The smallest absolute Gasteiger partial charge is 0.325 e. The van der Waals surface area contributed by atoms with Crippen molar-refractivity contribution in [3.8, 4) is 11.4 Å². The molecule has 3 aromatic rings. The lowest BCUT2D eigenvalue weighted by Gasteiger charge is -2.22. The number of imide groups is 1. The molecule has 1 aliphatic heterocycles.